The SMILES string of the molecule is C=CCCc1cc(OCc2ccccc2)nc(N(CCCC)C(N)=O)n1. The largest absolute Gasteiger partial charge is 0.473 e. The van der Waals surface area contributed by atoms with E-state index in [4.69, 9.17) is 10.5 Å². The van der Waals surface area contributed by atoms with Crippen LogP contribution in [0.25, 0.3) is 0 Å². The quantitative estimate of drug-likeness (QED) is 0.657. The van der Waals surface area contributed by atoms with Gasteiger partial charge in [-0.2, -0.15) is 4.98 Å². The number of hydrogen-bond acceptors (Lipinski definition) is 4. The zero-order valence-corrected chi connectivity index (χ0v) is 15.2. The lowest BCUT2D eigenvalue weighted by Crippen LogP contribution is -2.38. The number of nitrogens with two attached hydrogens (primary N) is 1. The molecule has 2 rings (SSSR count). The molecule has 1 heterocycles. The smallest absolute Gasteiger partial charge is 0.321 e. The predicted molar refractivity (Wildman–Crippen MR) is 103 cm³/mol. The second-order valence-electron chi connectivity index (χ2n) is 5.94. The summed E-state index contributed by atoms with van der Waals surface area (Å²) in [5.74, 6) is 0.719. The zero-order chi connectivity index (χ0) is 18.8. The Labute approximate surface area is 154 Å². The number of anilines is 1. The maximum absolute atomic E-state index is 11.8. The number of carbonyl (C=O) groups excluding carboxylic acids is 1. The fraction of sp³-hybridized carbons (Fsp3) is 0.350. The summed E-state index contributed by atoms with van der Waals surface area (Å²) in [5.41, 5.74) is 7.36. The van der Waals surface area contributed by atoms with Crippen molar-refractivity contribution in [2.24, 2.45) is 5.73 Å². The molecule has 1 aromatic carbocycles. The van der Waals surface area contributed by atoms with Crippen LogP contribution >= 0.6 is 0 Å². The van der Waals surface area contributed by atoms with E-state index in [9.17, 15) is 4.79 Å². The highest BCUT2D eigenvalue weighted by molar-refractivity contribution is 5.88. The molecular weight excluding hydrogens is 328 g/mol. The molecule has 0 saturated heterocycles. The molecule has 0 saturated carbocycles. The Balaban J connectivity index is 2.24. The average Bonchev–Trinajstić information content (AvgIpc) is 2.65. The monoisotopic (exact) mass is 354 g/mol. The predicted octanol–water partition coefficient (Wildman–Crippen LogP) is 3.86. The van der Waals surface area contributed by atoms with Crippen molar-refractivity contribution in [1.29, 1.82) is 0 Å². The number of ether oxygens (including phenoxy) is 1. The topological polar surface area (TPSA) is 81.3 Å². The lowest BCUT2D eigenvalue weighted by atomic mass is 10.2. The normalized spacial score (nSPS) is 10.3. The van der Waals surface area contributed by atoms with E-state index >= 15 is 0 Å². The molecule has 0 fully saturated rings. The molecule has 0 spiro atoms. The van der Waals surface area contributed by atoms with Crippen molar-refractivity contribution in [3.8, 4) is 5.88 Å². The van der Waals surface area contributed by atoms with Gasteiger partial charge in [-0.3, -0.25) is 4.90 Å². The molecule has 26 heavy (non-hydrogen) atoms. The maximum atomic E-state index is 11.8. The van der Waals surface area contributed by atoms with Gasteiger partial charge in [0.2, 0.25) is 11.8 Å². The number of unbranched alkanes of at least 4 members (excludes halogenated alkanes) is 1. The first-order chi connectivity index (χ1) is 12.6. The van der Waals surface area contributed by atoms with Crippen LogP contribution in [-0.2, 0) is 13.0 Å². The van der Waals surface area contributed by atoms with Gasteiger partial charge in [0.1, 0.15) is 6.61 Å². The highest BCUT2D eigenvalue weighted by atomic mass is 16.5. The molecule has 6 nitrogen and oxygen atoms in total. The van der Waals surface area contributed by atoms with Crippen LogP contribution in [0.15, 0.2) is 49.1 Å². The Kier molecular flexibility index (Phi) is 7.61. The van der Waals surface area contributed by atoms with Gasteiger partial charge >= 0.3 is 6.03 Å². The minimum atomic E-state index is -0.562. The Hall–Kier alpha value is -2.89. The van der Waals surface area contributed by atoms with Crippen molar-refractivity contribution >= 4 is 12.0 Å². The van der Waals surface area contributed by atoms with Gasteiger partial charge in [-0.05, 0) is 24.8 Å². The van der Waals surface area contributed by atoms with Crippen molar-refractivity contribution in [3.05, 3.63) is 60.3 Å². The van der Waals surface area contributed by atoms with E-state index in [0.717, 1.165) is 30.5 Å². The highest BCUT2D eigenvalue weighted by Gasteiger charge is 2.17. The van der Waals surface area contributed by atoms with Crippen LogP contribution in [0.1, 0.15) is 37.4 Å². The van der Waals surface area contributed by atoms with E-state index in [-0.39, 0.29) is 5.95 Å². The van der Waals surface area contributed by atoms with Gasteiger partial charge in [-0.15, -0.1) is 6.58 Å². The lowest BCUT2D eigenvalue weighted by molar-refractivity contribution is 0.253. The minimum absolute atomic E-state index is 0.288. The maximum Gasteiger partial charge on any atom is 0.321 e. The molecule has 1 aromatic heterocycles. The second kappa shape index (κ2) is 10.2. The highest BCUT2D eigenvalue weighted by Crippen LogP contribution is 2.19. The molecule has 2 aromatic rings. The first kappa shape index (κ1) is 19.4. The summed E-state index contributed by atoms with van der Waals surface area (Å²) in [7, 11) is 0. The number of aryl methyl sites for hydroxylation is 1. The number of aromatic nitrogens is 2. The van der Waals surface area contributed by atoms with Gasteiger partial charge < -0.3 is 10.5 Å². The number of benzene rings is 1. The van der Waals surface area contributed by atoms with Crippen molar-refractivity contribution in [1.82, 2.24) is 9.97 Å². The first-order valence-corrected chi connectivity index (χ1v) is 8.86. The molecule has 0 bridgehead atoms. The molecule has 0 radical (unpaired) electrons. The van der Waals surface area contributed by atoms with Crippen LogP contribution in [0.4, 0.5) is 10.7 Å². The van der Waals surface area contributed by atoms with Gasteiger partial charge in [0.15, 0.2) is 0 Å². The van der Waals surface area contributed by atoms with Crippen LogP contribution in [-0.4, -0.2) is 22.5 Å². The van der Waals surface area contributed by atoms with E-state index in [1.165, 1.54) is 4.90 Å². The summed E-state index contributed by atoms with van der Waals surface area (Å²) in [6.07, 6.45) is 5.07. The molecule has 0 aliphatic rings. The van der Waals surface area contributed by atoms with Crippen molar-refractivity contribution in [3.63, 3.8) is 0 Å². The summed E-state index contributed by atoms with van der Waals surface area (Å²) in [6, 6.07) is 11.1. The van der Waals surface area contributed by atoms with Gasteiger partial charge in [0.25, 0.3) is 0 Å². The van der Waals surface area contributed by atoms with Crippen LogP contribution < -0.4 is 15.4 Å². The summed E-state index contributed by atoms with van der Waals surface area (Å²) in [4.78, 5) is 22.1. The number of allylic oxidation sites excluding steroid dienone is 1. The summed E-state index contributed by atoms with van der Waals surface area (Å²) >= 11 is 0. The van der Waals surface area contributed by atoms with E-state index in [2.05, 4.69) is 23.5 Å². The van der Waals surface area contributed by atoms with E-state index < -0.39 is 6.03 Å². The third-order valence-electron chi connectivity index (χ3n) is 3.82. The van der Waals surface area contributed by atoms with Gasteiger partial charge in [0.05, 0.1) is 5.69 Å². The molecule has 6 heteroatoms. The number of urea groups is 1. The third-order valence-corrected chi connectivity index (χ3v) is 3.82. The van der Waals surface area contributed by atoms with Crippen molar-refractivity contribution in [2.75, 3.05) is 11.4 Å². The number of hydrogen-bond donors (Lipinski definition) is 1. The van der Waals surface area contributed by atoms with Gasteiger partial charge in [-0.1, -0.05) is 49.8 Å². The average molecular weight is 354 g/mol. The molecular formula is C20H26N4O2. The fourth-order valence-electron chi connectivity index (χ4n) is 2.39. The van der Waals surface area contributed by atoms with Crippen LogP contribution in [0.2, 0.25) is 0 Å². The zero-order valence-electron chi connectivity index (χ0n) is 15.2. The Bertz CT molecular complexity index is 719. The van der Waals surface area contributed by atoms with Crippen molar-refractivity contribution in [2.45, 2.75) is 39.2 Å². The molecule has 2 N–H and O–H groups in total. The number of carbonyl (C=O) groups is 1. The number of amides is 2. The van der Waals surface area contributed by atoms with E-state index in [1.54, 1.807) is 6.07 Å². The minimum Gasteiger partial charge on any atom is -0.473 e. The summed E-state index contributed by atoms with van der Waals surface area (Å²) < 4.78 is 5.83. The summed E-state index contributed by atoms with van der Waals surface area (Å²) in [6.45, 7) is 6.67. The molecule has 138 valence electrons. The Morgan fingerprint density at radius 3 is 2.73 bits per heavy atom. The number of rotatable bonds is 10. The van der Waals surface area contributed by atoms with Crippen LogP contribution in [0.3, 0.4) is 0 Å². The number of primary amides is 1. The second-order valence-corrected chi connectivity index (χ2v) is 5.94. The van der Waals surface area contributed by atoms with Crippen molar-refractivity contribution < 1.29 is 9.53 Å². The Morgan fingerprint density at radius 1 is 1.31 bits per heavy atom. The molecule has 2 amide bonds. The molecule has 0 unspecified atom stereocenters. The van der Waals surface area contributed by atoms with E-state index in [1.807, 2.05) is 36.4 Å². The lowest BCUT2D eigenvalue weighted by Gasteiger charge is -2.19. The Morgan fingerprint density at radius 2 is 2.08 bits per heavy atom. The molecule has 0 aliphatic carbocycles. The van der Waals surface area contributed by atoms with Gasteiger partial charge in [0, 0.05) is 12.6 Å². The fourth-order valence-corrected chi connectivity index (χ4v) is 2.39. The van der Waals surface area contributed by atoms with Crippen LogP contribution in [0.5, 0.6) is 5.88 Å². The standard InChI is InChI=1S/C20H26N4O2/c1-3-5-12-17-14-18(26-15-16-10-8-7-9-11-16)23-20(22-17)24(19(21)25)13-6-4-2/h3,7-11,14H,1,4-6,12-13,15H2,2H3,(H2,21,25). The number of nitrogens with zero attached hydrogens (tertiary/aromatic N) is 3. The first-order valence-electron chi connectivity index (χ1n) is 8.86. The van der Waals surface area contributed by atoms with Gasteiger partial charge in [-0.25, -0.2) is 9.78 Å². The molecule has 0 aliphatic heterocycles. The van der Waals surface area contributed by atoms with E-state index in [0.29, 0.717) is 25.5 Å². The van der Waals surface area contributed by atoms with Crippen LogP contribution in [0, 0.1) is 0 Å². The molecule has 0 atom stereocenters. The third kappa shape index (κ3) is 5.88. The summed E-state index contributed by atoms with van der Waals surface area (Å²) in [5, 5.41) is 0.